The van der Waals surface area contributed by atoms with Crippen LogP contribution in [0.5, 0.6) is 0 Å². The van der Waals surface area contributed by atoms with Crippen molar-refractivity contribution in [2.24, 2.45) is 5.73 Å². The fourth-order valence-electron chi connectivity index (χ4n) is 1.10. The monoisotopic (exact) mass is 183 g/mol. The van der Waals surface area contributed by atoms with Gasteiger partial charge in [-0.1, -0.05) is 5.57 Å². The van der Waals surface area contributed by atoms with E-state index in [2.05, 4.69) is 6.58 Å². The Kier molecular flexibility index (Phi) is 6.51. The van der Waals surface area contributed by atoms with Crippen molar-refractivity contribution in [2.75, 3.05) is 0 Å². The van der Waals surface area contributed by atoms with Crippen LogP contribution in [0.1, 0.15) is 46.0 Å². The molecule has 0 heterocycles. The first-order chi connectivity index (χ1) is 6.02. The van der Waals surface area contributed by atoms with Crippen LogP contribution in [0.4, 0.5) is 0 Å². The fraction of sp³-hybridized carbons (Fsp3) is 0.727. The van der Waals surface area contributed by atoms with Crippen molar-refractivity contribution in [3.05, 3.63) is 12.2 Å². The minimum atomic E-state index is 0.217. The molecule has 0 spiro atoms. The van der Waals surface area contributed by atoms with Gasteiger partial charge in [0.2, 0.25) is 0 Å². The average molecular weight is 183 g/mol. The lowest BCUT2D eigenvalue weighted by atomic mass is 10.0. The Morgan fingerprint density at radius 3 is 2.46 bits per heavy atom. The summed E-state index contributed by atoms with van der Waals surface area (Å²) in [6.07, 6.45) is 4.02. The molecule has 0 rings (SSSR count). The predicted octanol–water partition coefficient (Wildman–Crippen LogP) is 2.43. The number of Topliss-reactive ketones (excluding diaryl/α,β-unsaturated/α-hetero) is 1. The quantitative estimate of drug-likeness (QED) is 0.616. The smallest absolute Gasteiger partial charge is 0.133 e. The molecule has 0 aliphatic rings. The van der Waals surface area contributed by atoms with Crippen LogP contribution < -0.4 is 5.73 Å². The zero-order valence-corrected chi connectivity index (χ0v) is 8.81. The molecule has 13 heavy (non-hydrogen) atoms. The number of allylic oxidation sites excluding steroid dienone is 1. The fourth-order valence-corrected chi connectivity index (χ4v) is 1.10. The summed E-state index contributed by atoms with van der Waals surface area (Å²) in [7, 11) is 0. The van der Waals surface area contributed by atoms with Crippen LogP contribution in [0.25, 0.3) is 0 Å². The van der Waals surface area contributed by atoms with Crippen molar-refractivity contribution in [3.63, 3.8) is 0 Å². The van der Waals surface area contributed by atoms with E-state index in [0.29, 0.717) is 18.6 Å². The molecule has 0 bridgehead atoms. The van der Waals surface area contributed by atoms with Gasteiger partial charge in [-0.3, -0.25) is 4.79 Å². The van der Waals surface area contributed by atoms with E-state index < -0.39 is 0 Å². The molecule has 2 heteroatoms. The highest BCUT2D eigenvalue weighted by molar-refractivity contribution is 5.78. The summed E-state index contributed by atoms with van der Waals surface area (Å²) in [5.41, 5.74) is 6.66. The highest BCUT2D eigenvalue weighted by Crippen LogP contribution is 2.06. The van der Waals surface area contributed by atoms with Crippen molar-refractivity contribution in [1.29, 1.82) is 0 Å². The lowest BCUT2D eigenvalue weighted by Gasteiger charge is -2.03. The van der Waals surface area contributed by atoms with E-state index in [0.717, 1.165) is 24.8 Å². The molecule has 0 aliphatic heterocycles. The van der Waals surface area contributed by atoms with Crippen LogP contribution in [0, 0.1) is 0 Å². The highest BCUT2D eigenvalue weighted by atomic mass is 16.1. The highest BCUT2D eigenvalue weighted by Gasteiger charge is 2.02. The molecule has 1 atom stereocenters. The van der Waals surface area contributed by atoms with E-state index in [1.165, 1.54) is 0 Å². The third-order valence-electron chi connectivity index (χ3n) is 1.95. The van der Waals surface area contributed by atoms with Crippen molar-refractivity contribution in [2.45, 2.75) is 52.0 Å². The van der Waals surface area contributed by atoms with Crippen LogP contribution in [0.15, 0.2) is 12.2 Å². The average Bonchev–Trinajstić information content (AvgIpc) is 2.00. The first-order valence-corrected chi connectivity index (χ1v) is 4.94. The van der Waals surface area contributed by atoms with Gasteiger partial charge in [-0.15, -0.1) is 6.58 Å². The van der Waals surface area contributed by atoms with Gasteiger partial charge in [0.15, 0.2) is 0 Å². The van der Waals surface area contributed by atoms with Gasteiger partial charge in [-0.25, -0.2) is 0 Å². The second kappa shape index (κ2) is 6.84. The van der Waals surface area contributed by atoms with Crippen LogP contribution in [-0.2, 0) is 4.79 Å². The van der Waals surface area contributed by atoms with Crippen LogP contribution in [0.3, 0.4) is 0 Å². The lowest BCUT2D eigenvalue weighted by molar-refractivity contribution is -0.119. The Hall–Kier alpha value is -0.630. The maximum Gasteiger partial charge on any atom is 0.133 e. The molecule has 1 unspecified atom stereocenters. The molecule has 0 fully saturated rings. The molecule has 0 saturated heterocycles. The Balaban J connectivity index is 3.36. The SMILES string of the molecule is C=C(C)CCC(=O)CCCC(C)N. The van der Waals surface area contributed by atoms with Gasteiger partial charge in [0, 0.05) is 18.9 Å². The van der Waals surface area contributed by atoms with E-state index in [4.69, 9.17) is 5.73 Å². The third kappa shape index (κ3) is 9.28. The Labute approximate surface area is 81.2 Å². The van der Waals surface area contributed by atoms with Crippen molar-refractivity contribution in [1.82, 2.24) is 0 Å². The van der Waals surface area contributed by atoms with E-state index >= 15 is 0 Å². The summed E-state index contributed by atoms with van der Waals surface area (Å²) in [6.45, 7) is 7.69. The number of carbonyl (C=O) groups is 1. The molecule has 0 aromatic rings. The van der Waals surface area contributed by atoms with Gasteiger partial charge in [0.1, 0.15) is 5.78 Å². The Morgan fingerprint density at radius 2 is 2.00 bits per heavy atom. The van der Waals surface area contributed by atoms with E-state index in [-0.39, 0.29) is 6.04 Å². The molecular weight excluding hydrogens is 162 g/mol. The molecule has 2 N–H and O–H groups in total. The first-order valence-electron chi connectivity index (χ1n) is 4.94. The Morgan fingerprint density at radius 1 is 1.38 bits per heavy atom. The molecular formula is C11H21NO. The maximum absolute atomic E-state index is 11.2. The molecule has 0 amide bonds. The van der Waals surface area contributed by atoms with Gasteiger partial charge >= 0.3 is 0 Å². The van der Waals surface area contributed by atoms with E-state index in [1.807, 2.05) is 13.8 Å². The van der Waals surface area contributed by atoms with E-state index in [1.54, 1.807) is 0 Å². The van der Waals surface area contributed by atoms with Crippen molar-refractivity contribution < 1.29 is 4.79 Å². The maximum atomic E-state index is 11.2. The molecule has 0 radical (unpaired) electrons. The zero-order chi connectivity index (χ0) is 10.3. The molecule has 2 nitrogen and oxygen atoms in total. The van der Waals surface area contributed by atoms with Gasteiger partial charge in [-0.2, -0.15) is 0 Å². The second-order valence-corrected chi connectivity index (χ2v) is 3.87. The van der Waals surface area contributed by atoms with Crippen LogP contribution >= 0.6 is 0 Å². The van der Waals surface area contributed by atoms with Gasteiger partial charge < -0.3 is 5.73 Å². The van der Waals surface area contributed by atoms with Crippen LogP contribution in [-0.4, -0.2) is 11.8 Å². The van der Waals surface area contributed by atoms with E-state index in [9.17, 15) is 4.79 Å². The molecule has 0 saturated carbocycles. The molecule has 0 aromatic heterocycles. The van der Waals surface area contributed by atoms with Crippen molar-refractivity contribution in [3.8, 4) is 0 Å². The standard InChI is InChI=1S/C11H21NO/c1-9(2)7-8-11(13)6-4-5-10(3)12/h10H,1,4-8,12H2,2-3H3. The summed E-state index contributed by atoms with van der Waals surface area (Å²) < 4.78 is 0. The number of hydrogen-bond acceptors (Lipinski definition) is 2. The topological polar surface area (TPSA) is 43.1 Å². The molecule has 76 valence electrons. The minimum Gasteiger partial charge on any atom is -0.328 e. The molecule has 0 aromatic carbocycles. The van der Waals surface area contributed by atoms with Gasteiger partial charge in [-0.05, 0) is 33.1 Å². The number of ketones is 1. The van der Waals surface area contributed by atoms with Crippen molar-refractivity contribution >= 4 is 5.78 Å². The zero-order valence-electron chi connectivity index (χ0n) is 8.81. The third-order valence-corrected chi connectivity index (χ3v) is 1.95. The summed E-state index contributed by atoms with van der Waals surface area (Å²) in [5.74, 6) is 0.337. The number of rotatable bonds is 7. The summed E-state index contributed by atoms with van der Waals surface area (Å²) in [5, 5.41) is 0. The lowest BCUT2D eigenvalue weighted by Crippen LogP contribution is -2.14. The molecule has 0 aliphatic carbocycles. The first kappa shape index (κ1) is 12.4. The number of hydrogen-bond donors (Lipinski definition) is 1. The van der Waals surface area contributed by atoms with Gasteiger partial charge in [0.05, 0.1) is 0 Å². The number of carbonyl (C=O) groups excluding carboxylic acids is 1. The summed E-state index contributed by atoms with van der Waals surface area (Å²) in [6, 6.07) is 0.217. The minimum absolute atomic E-state index is 0.217. The Bertz CT molecular complexity index is 173. The largest absolute Gasteiger partial charge is 0.328 e. The second-order valence-electron chi connectivity index (χ2n) is 3.87. The summed E-state index contributed by atoms with van der Waals surface area (Å²) in [4.78, 5) is 11.2. The van der Waals surface area contributed by atoms with Gasteiger partial charge in [0.25, 0.3) is 0 Å². The normalized spacial score (nSPS) is 12.5. The predicted molar refractivity (Wildman–Crippen MR) is 56.6 cm³/mol. The van der Waals surface area contributed by atoms with Crippen LogP contribution in [0.2, 0.25) is 0 Å². The number of nitrogens with two attached hydrogens (primary N) is 1. The summed E-state index contributed by atoms with van der Waals surface area (Å²) >= 11 is 0.